The van der Waals surface area contributed by atoms with Gasteiger partial charge in [0, 0.05) is 31.4 Å². The molecular weight excluding hydrogens is 483 g/mol. The van der Waals surface area contributed by atoms with Crippen LogP contribution in [-0.2, 0) is 28.5 Å². The summed E-state index contributed by atoms with van der Waals surface area (Å²) >= 11 is 0. The third-order valence-corrected chi connectivity index (χ3v) is 7.72. The predicted octanol–water partition coefficient (Wildman–Crippen LogP) is 4.77. The fourth-order valence-electron chi connectivity index (χ4n) is 6.12. The van der Waals surface area contributed by atoms with Crippen LogP contribution in [0.5, 0.6) is 5.75 Å². The van der Waals surface area contributed by atoms with Gasteiger partial charge in [0.15, 0.2) is 24.0 Å². The lowest BCUT2D eigenvalue weighted by molar-refractivity contribution is -0.274. The van der Waals surface area contributed by atoms with Crippen LogP contribution in [-0.4, -0.2) is 54.5 Å². The van der Waals surface area contributed by atoms with Crippen LogP contribution >= 0.6 is 0 Å². The van der Waals surface area contributed by atoms with E-state index in [0.29, 0.717) is 5.69 Å². The van der Waals surface area contributed by atoms with E-state index in [2.05, 4.69) is 10.1 Å². The molecule has 5 atom stereocenters. The largest absolute Gasteiger partial charge is 0.573 e. The van der Waals surface area contributed by atoms with Gasteiger partial charge in [-0.1, -0.05) is 12.8 Å². The van der Waals surface area contributed by atoms with Gasteiger partial charge in [-0.15, -0.1) is 13.2 Å². The number of carbonyl (C=O) groups excluding carboxylic acids is 1. The number of rotatable bonds is 3. The molecular formula is C25H30F3NO7. The van der Waals surface area contributed by atoms with Gasteiger partial charge in [-0.05, 0) is 49.9 Å². The molecule has 1 amide bonds. The van der Waals surface area contributed by atoms with Crippen molar-refractivity contribution < 1.29 is 46.4 Å². The smallest absolute Gasteiger partial charge is 0.406 e. The van der Waals surface area contributed by atoms with Crippen molar-refractivity contribution >= 4 is 11.6 Å². The van der Waals surface area contributed by atoms with E-state index < -0.39 is 54.5 Å². The lowest BCUT2D eigenvalue weighted by atomic mass is 9.94. The van der Waals surface area contributed by atoms with Gasteiger partial charge < -0.3 is 33.7 Å². The molecule has 5 fully saturated rings. The van der Waals surface area contributed by atoms with Gasteiger partial charge in [-0.3, -0.25) is 4.79 Å². The standard InChI is InChI=1S/C25H30F3NO7/c26-25(27,28)32-16-9-7-15(8-10-16)29-21(30)19-17-18(34-23(33-17)11-3-1-4-12-23)20-22(31-19)36-24(35-20)13-5-2-6-14-24/h7-10,17-20,22H,1-6,11-14H2,(H,29,30). The zero-order valence-corrected chi connectivity index (χ0v) is 19.8. The summed E-state index contributed by atoms with van der Waals surface area (Å²) in [5.41, 5.74) is 0.301. The number of fused-ring (bicyclic) bond motifs is 3. The summed E-state index contributed by atoms with van der Waals surface area (Å²) in [6.45, 7) is 0. The molecule has 6 rings (SSSR count). The van der Waals surface area contributed by atoms with Crippen LogP contribution in [0.15, 0.2) is 24.3 Å². The summed E-state index contributed by atoms with van der Waals surface area (Å²) < 4.78 is 73.1. The molecule has 2 saturated carbocycles. The lowest BCUT2D eigenvalue weighted by Gasteiger charge is -2.36. The summed E-state index contributed by atoms with van der Waals surface area (Å²) in [5.74, 6) is -2.37. The molecule has 8 nitrogen and oxygen atoms in total. The van der Waals surface area contributed by atoms with Crippen LogP contribution in [0.25, 0.3) is 0 Å². The minimum absolute atomic E-state index is 0.301. The highest BCUT2D eigenvalue weighted by molar-refractivity contribution is 5.94. The SMILES string of the molecule is O=C(Nc1ccc(OC(F)(F)F)cc1)C1OC2OC3(CCCCC3)OC2C2OC3(CCCCC3)OC12. The molecule has 198 valence electrons. The van der Waals surface area contributed by atoms with Crippen LogP contribution < -0.4 is 10.1 Å². The van der Waals surface area contributed by atoms with Crippen molar-refractivity contribution in [3.8, 4) is 5.75 Å². The van der Waals surface area contributed by atoms with Gasteiger partial charge >= 0.3 is 6.36 Å². The second-order valence-corrected chi connectivity index (χ2v) is 10.3. The molecule has 36 heavy (non-hydrogen) atoms. The fourth-order valence-corrected chi connectivity index (χ4v) is 6.12. The molecule has 3 heterocycles. The molecule has 0 radical (unpaired) electrons. The van der Waals surface area contributed by atoms with E-state index >= 15 is 0 Å². The van der Waals surface area contributed by atoms with Crippen molar-refractivity contribution in [2.24, 2.45) is 0 Å². The van der Waals surface area contributed by atoms with Gasteiger partial charge in [0.1, 0.15) is 24.1 Å². The number of amides is 1. The average Bonchev–Trinajstić information content (AvgIpc) is 3.37. The maximum absolute atomic E-state index is 13.4. The van der Waals surface area contributed by atoms with E-state index in [1.165, 1.54) is 12.1 Å². The maximum atomic E-state index is 13.4. The van der Waals surface area contributed by atoms with Gasteiger partial charge in [0.05, 0.1) is 0 Å². The molecule has 11 heteroatoms. The molecule has 0 bridgehead atoms. The third-order valence-electron chi connectivity index (χ3n) is 7.72. The van der Waals surface area contributed by atoms with Gasteiger partial charge in [0.2, 0.25) is 0 Å². The first kappa shape index (κ1) is 24.4. The van der Waals surface area contributed by atoms with Crippen molar-refractivity contribution in [2.45, 2.75) is 113 Å². The molecule has 3 aliphatic heterocycles. The zero-order chi connectivity index (χ0) is 25.0. The van der Waals surface area contributed by atoms with E-state index in [-0.39, 0.29) is 5.75 Å². The third kappa shape index (κ3) is 4.71. The van der Waals surface area contributed by atoms with Crippen molar-refractivity contribution in [2.75, 3.05) is 5.32 Å². The number of nitrogens with one attached hydrogen (secondary N) is 1. The number of anilines is 1. The van der Waals surface area contributed by atoms with E-state index in [1.807, 2.05) is 0 Å². The summed E-state index contributed by atoms with van der Waals surface area (Å²) in [5, 5.41) is 2.72. The monoisotopic (exact) mass is 513 g/mol. The number of hydrogen-bond acceptors (Lipinski definition) is 7. The average molecular weight is 514 g/mol. The second-order valence-electron chi connectivity index (χ2n) is 10.3. The topological polar surface area (TPSA) is 84.5 Å². The normalized spacial score (nSPS) is 34.8. The Kier molecular flexibility index (Phi) is 6.19. The summed E-state index contributed by atoms with van der Waals surface area (Å²) in [4.78, 5) is 13.4. The number of ether oxygens (including phenoxy) is 6. The number of benzene rings is 1. The Morgan fingerprint density at radius 2 is 1.36 bits per heavy atom. The minimum atomic E-state index is -4.79. The molecule has 1 aromatic carbocycles. The molecule has 2 spiro atoms. The molecule has 0 aromatic heterocycles. The van der Waals surface area contributed by atoms with Crippen LogP contribution in [0.4, 0.5) is 18.9 Å². The highest BCUT2D eigenvalue weighted by atomic mass is 19.4. The van der Waals surface area contributed by atoms with E-state index in [1.54, 1.807) is 0 Å². The maximum Gasteiger partial charge on any atom is 0.573 e. The Balaban J connectivity index is 1.21. The highest BCUT2D eigenvalue weighted by Gasteiger charge is 2.65. The Hall–Kier alpha value is -1.92. The molecule has 5 unspecified atom stereocenters. The van der Waals surface area contributed by atoms with E-state index in [0.717, 1.165) is 76.3 Å². The molecule has 1 aromatic rings. The first-order valence-corrected chi connectivity index (χ1v) is 12.8. The number of carbonyl (C=O) groups is 1. The summed E-state index contributed by atoms with van der Waals surface area (Å²) in [6, 6.07) is 4.94. The Morgan fingerprint density at radius 1 is 0.806 bits per heavy atom. The fraction of sp³-hybridized carbons (Fsp3) is 0.720. The van der Waals surface area contributed by atoms with Gasteiger partial charge in [-0.2, -0.15) is 0 Å². The lowest BCUT2D eigenvalue weighted by Crippen LogP contribution is -2.58. The first-order chi connectivity index (χ1) is 17.2. The summed E-state index contributed by atoms with van der Waals surface area (Å²) in [7, 11) is 0. The predicted molar refractivity (Wildman–Crippen MR) is 118 cm³/mol. The van der Waals surface area contributed by atoms with Gasteiger partial charge in [-0.25, -0.2) is 0 Å². The first-order valence-electron chi connectivity index (χ1n) is 12.8. The van der Waals surface area contributed by atoms with E-state index in [4.69, 9.17) is 23.7 Å². The molecule has 2 aliphatic carbocycles. The zero-order valence-electron chi connectivity index (χ0n) is 19.8. The van der Waals surface area contributed by atoms with Crippen LogP contribution in [0.1, 0.15) is 64.2 Å². The van der Waals surface area contributed by atoms with Crippen LogP contribution in [0.2, 0.25) is 0 Å². The Bertz CT molecular complexity index is 959. The molecule has 5 aliphatic rings. The van der Waals surface area contributed by atoms with Crippen molar-refractivity contribution in [1.82, 2.24) is 0 Å². The molecule has 1 N–H and O–H groups in total. The number of halogens is 3. The highest BCUT2D eigenvalue weighted by Crippen LogP contribution is 2.51. The van der Waals surface area contributed by atoms with Crippen LogP contribution in [0.3, 0.4) is 0 Å². The van der Waals surface area contributed by atoms with Gasteiger partial charge in [0.25, 0.3) is 5.91 Å². The summed E-state index contributed by atoms with van der Waals surface area (Å²) in [6.07, 6.45) is 0.819. The Labute approximate surface area is 206 Å². The quantitative estimate of drug-likeness (QED) is 0.624. The van der Waals surface area contributed by atoms with Crippen molar-refractivity contribution in [1.29, 1.82) is 0 Å². The van der Waals surface area contributed by atoms with Crippen molar-refractivity contribution in [3.63, 3.8) is 0 Å². The van der Waals surface area contributed by atoms with E-state index in [9.17, 15) is 18.0 Å². The minimum Gasteiger partial charge on any atom is -0.406 e. The molecule has 3 saturated heterocycles. The number of alkyl halides is 3. The number of hydrogen-bond donors (Lipinski definition) is 1. The van der Waals surface area contributed by atoms with Crippen molar-refractivity contribution in [3.05, 3.63) is 24.3 Å². The van der Waals surface area contributed by atoms with Crippen LogP contribution in [0, 0.1) is 0 Å². The second kappa shape index (κ2) is 9.13. The Morgan fingerprint density at radius 3 is 1.97 bits per heavy atom.